The van der Waals surface area contributed by atoms with Crippen LogP contribution in [0.5, 0.6) is 0 Å². The summed E-state index contributed by atoms with van der Waals surface area (Å²) < 4.78 is 2.01. The molecule has 0 amide bonds. The van der Waals surface area contributed by atoms with E-state index in [2.05, 4.69) is 15.2 Å². The molecule has 1 aromatic rings. The first kappa shape index (κ1) is 9.98. The van der Waals surface area contributed by atoms with Gasteiger partial charge < -0.3 is 9.47 Å². The molecule has 0 fully saturated rings. The van der Waals surface area contributed by atoms with Crippen molar-refractivity contribution in [3.63, 3.8) is 0 Å². The highest BCUT2D eigenvalue weighted by Crippen LogP contribution is 2.14. The van der Waals surface area contributed by atoms with Crippen molar-refractivity contribution in [1.29, 1.82) is 5.26 Å². The van der Waals surface area contributed by atoms with E-state index in [1.165, 1.54) is 11.8 Å². The second-order valence-corrected chi connectivity index (χ2v) is 3.83. The van der Waals surface area contributed by atoms with Crippen LogP contribution in [0.2, 0.25) is 0 Å². The van der Waals surface area contributed by atoms with Crippen molar-refractivity contribution < 1.29 is 0 Å². The fourth-order valence-electron chi connectivity index (χ4n) is 1.52. The van der Waals surface area contributed by atoms with E-state index in [1.54, 1.807) is 6.33 Å². The van der Waals surface area contributed by atoms with Crippen LogP contribution in [0.3, 0.4) is 0 Å². The molecule has 2 heterocycles. The molecule has 0 saturated carbocycles. The summed E-state index contributed by atoms with van der Waals surface area (Å²) in [6, 6.07) is 0. The van der Waals surface area contributed by atoms with Crippen LogP contribution in [0.4, 0.5) is 0 Å². The summed E-state index contributed by atoms with van der Waals surface area (Å²) in [5.74, 6) is 0.918. The van der Waals surface area contributed by atoms with Crippen molar-refractivity contribution in [3.05, 3.63) is 12.2 Å². The highest BCUT2D eigenvalue weighted by atomic mass is 32.2. The van der Waals surface area contributed by atoms with Gasteiger partial charge >= 0.3 is 0 Å². The summed E-state index contributed by atoms with van der Waals surface area (Å²) in [6.07, 6.45) is 5.46. The van der Waals surface area contributed by atoms with Gasteiger partial charge in [0.25, 0.3) is 0 Å². The van der Waals surface area contributed by atoms with Crippen LogP contribution in [0.25, 0.3) is 0 Å². The van der Waals surface area contributed by atoms with Crippen molar-refractivity contribution in [3.8, 4) is 6.19 Å². The Balaban J connectivity index is 2.16. The first-order valence-corrected chi connectivity index (χ1v) is 5.70. The van der Waals surface area contributed by atoms with E-state index in [-0.39, 0.29) is 0 Å². The van der Waals surface area contributed by atoms with Crippen LogP contribution in [0, 0.1) is 11.5 Å². The molecule has 0 aliphatic carbocycles. The molecule has 6 nitrogen and oxygen atoms in total. The van der Waals surface area contributed by atoms with E-state index >= 15 is 0 Å². The molecule has 1 aliphatic heterocycles. The van der Waals surface area contributed by atoms with Gasteiger partial charge in [-0.3, -0.25) is 0 Å². The van der Waals surface area contributed by atoms with E-state index in [0.717, 1.165) is 24.1 Å². The zero-order valence-corrected chi connectivity index (χ0v) is 9.11. The van der Waals surface area contributed by atoms with Gasteiger partial charge in [0, 0.05) is 13.1 Å². The number of nitriles is 1. The molecule has 0 radical (unpaired) electrons. The average molecular weight is 222 g/mol. The third-order valence-electron chi connectivity index (χ3n) is 2.24. The van der Waals surface area contributed by atoms with Crippen molar-refractivity contribution in [1.82, 2.24) is 19.7 Å². The topological polar surface area (TPSA) is 70.1 Å². The quantitative estimate of drug-likeness (QED) is 0.358. The van der Waals surface area contributed by atoms with E-state index < -0.39 is 0 Å². The Morgan fingerprint density at radius 1 is 1.67 bits per heavy atom. The van der Waals surface area contributed by atoms with Gasteiger partial charge in [0.1, 0.15) is 6.33 Å². The monoisotopic (exact) mass is 222 g/mol. The lowest BCUT2D eigenvalue weighted by molar-refractivity contribution is 0.335. The van der Waals surface area contributed by atoms with Crippen LogP contribution in [-0.2, 0) is 13.1 Å². The lowest BCUT2D eigenvalue weighted by atomic mass is 10.4. The Kier molecular flexibility index (Phi) is 2.87. The molecule has 78 valence electrons. The van der Waals surface area contributed by atoms with E-state index in [0.29, 0.717) is 6.54 Å². The Bertz CT molecular complexity index is 417. The Labute approximate surface area is 91.6 Å². The maximum Gasteiger partial charge on any atom is 0.208 e. The highest BCUT2D eigenvalue weighted by Gasteiger charge is 2.19. The van der Waals surface area contributed by atoms with Gasteiger partial charge in [-0.2, -0.15) is 5.26 Å². The summed E-state index contributed by atoms with van der Waals surface area (Å²) >= 11 is 1.47. The number of nitrogens with zero attached hydrogens (tertiary/aromatic N) is 6. The van der Waals surface area contributed by atoms with Gasteiger partial charge in [-0.1, -0.05) is 11.8 Å². The van der Waals surface area contributed by atoms with Gasteiger partial charge in [-0.05, 0) is 6.26 Å². The predicted octanol–water partition coefficient (Wildman–Crippen LogP) is 0.294. The maximum atomic E-state index is 8.54. The van der Waals surface area contributed by atoms with Gasteiger partial charge in [-0.25, -0.2) is 0 Å². The lowest BCUT2D eigenvalue weighted by Gasteiger charge is -2.28. The Morgan fingerprint density at radius 2 is 2.53 bits per heavy atom. The number of aliphatic imine (C=N–C) groups is 1. The van der Waals surface area contributed by atoms with Crippen LogP contribution < -0.4 is 0 Å². The Hall–Kier alpha value is -1.55. The summed E-state index contributed by atoms with van der Waals surface area (Å²) in [7, 11) is 0. The van der Waals surface area contributed by atoms with Crippen molar-refractivity contribution >= 4 is 16.9 Å². The number of fused-ring (bicyclic) bond motifs is 1. The first-order chi connectivity index (χ1) is 7.35. The molecule has 15 heavy (non-hydrogen) atoms. The molecule has 0 bridgehead atoms. The van der Waals surface area contributed by atoms with Crippen LogP contribution in [0.1, 0.15) is 5.82 Å². The van der Waals surface area contributed by atoms with Gasteiger partial charge in [0.15, 0.2) is 11.0 Å². The van der Waals surface area contributed by atoms with Crippen molar-refractivity contribution in [2.45, 2.75) is 13.1 Å². The van der Waals surface area contributed by atoms with Gasteiger partial charge in [0.05, 0.1) is 6.54 Å². The Morgan fingerprint density at radius 3 is 3.27 bits per heavy atom. The first-order valence-electron chi connectivity index (χ1n) is 4.47. The molecule has 0 atom stereocenters. The number of thioether (sulfide) groups is 1. The fraction of sp³-hybridized carbons (Fsp3) is 0.500. The molecule has 7 heteroatoms. The summed E-state index contributed by atoms with van der Waals surface area (Å²) in [4.78, 5) is 5.82. The van der Waals surface area contributed by atoms with E-state index in [1.807, 2.05) is 21.9 Å². The zero-order valence-electron chi connectivity index (χ0n) is 8.29. The molecular formula is C8H10N6S. The normalized spacial score (nSPS) is 16.0. The molecule has 1 aliphatic rings. The molecule has 0 spiro atoms. The van der Waals surface area contributed by atoms with E-state index in [9.17, 15) is 0 Å². The highest BCUT2D eigenvalue weighted by molar-refractivity contribution is 8.13. The smallest absolute Gasteiger partial charge is 0.208 e. The molecule has 2 rings (SSSR count). The average Bonchev–Trinajstić information content (AvgIpc) is 2.72. The molecule has 0 aromatic carbocycles. The summed E-state index contributed by atoms with van der Waals surface area (Å²) in [5.41, 5.74) is 0. The van der Waals surface area contributed by atoms with Crippen LogP contribution in [-0.4, -0.2) is 37.6 Å². The fourth-order valence-corrected chi connectivity index (χ4v) is 2.06. The summed E-state index contributed by atoms with van der Waals surface area (Å²) in [6.45, 7) is 2.35. The largest absolute Gasteiger partial charge is 0.341 e. The molecule has 0 N–H and O–H groups in total. The third-order valence-corrected chi connectivity index (χ3v) is 2.95. The predicted molar refractivity (Wildman–Crippen MR) is 57.0 cm³/mol. The lowest BCUT2D eigenvalue weighted by Crippen LogP contribution is -2.36. The second kappa shape index (κ2) is 4.31. The molecule has 0 unspecified atom stereocenters. The number of hydrogen-bond donors (Lipinski definition) is 0. The SMILES string of the molecule is CSC(=NC#N)N1CCn2cnnc2C1. The number of hydrogen-bond acceptors (Lipinski definition) is 5. The second-order valence-electron chi connectivity index (χ2n) is 3.06. The minimum absolute atomic E-state index is 0.668. The van der Waals surface area contributed by atoms with Crippen LogP contribution in [0.15, 0.2) is 11.3 Å². The number of rotatable bonds is 0. The zero-order chi connectivity index (χ0) is 10.7. The summed E-state index contributed by atoms with van der Waals surface area (Å²) in [5, 5.41) is 17.1. The standard InChI is InChI=1S/C8H10N6S/c1-15-8(10-5-9)13-2-3-14-6-11-12-7(14)4-13/h6H,2-4H2,1H3. The minimum atomic E-state index is 0.668. The third kappa shape index (κ3) is 1.94. The maximum absolute atomic E-state index is 8.54. The number of aromatic nitrogens is 3. The molecular weight excluding hydrogens is 212 g/mol. The van der Waals surface area contributed by atoms with Gasteiger partial charge in [-0.15, -0.1) is 15.2 Å². The number of amidine groups is 1. The van der Waals surface area contributed by atoms with Gasteiger partial charge in [0.2, 0.25) is 6.19 Å². The molecule has 0 saturated heterocycles. The van der Waals surface area contributed by atoms with Crippen molar-refractivity contribution in [2.24, 2.45) is 4.99 Å². The van der Waals surface area contributed by atoms with E-state index in [4.69, 9.17) is 5.26 Å². The van der Waals surface area contributed by atoms with Crippen LogP contribution >= 0.6 is 11.8 Å². The molecule has 1 aromatic heterocycles. The van der Waals surface area contributed by atoms with Crippen molar-refractivity contribution in [2.75, 3.05) is 12.8 Å². The minimum Gasteiger partial charge on any atom is -0.341 e.